The number of ether oxygens (including phenoxy) is 2. The number of likely N-dealkylation sites (tertiary alicyclic amines) is 1. The fourth-order valence-electron chi connectivity index (χ4n) is 4.30. The van der Waals surface area contributed by atoms with Crippen LogP contribution in [0.5, 0.6) is 0 Å². The lowest BCUT2D eigenvalue weighted by Gasteiger charge is -2.37. The summed E-state index contributed by atoms with van der Waals surface area (Å²) in [6.45, 7) is 3.93. The summed E-state index contributed by atoms with van der Waals surface area (Å²) in [5.41, 5.74) is 1.78. The van der Waals surface area contributed by atoms with Crippen molar-refractivity contribution < 1.29 is 19.1 Å². The van der Waals surface area contributed by atoms with Crippen LogP contribution in [0, 0.1) is 0 Å². The second kappa shape index (κ2) is 7.68. The summed E-state index contributed by atoms with van der Waals surface area (Å²) in [7, 11) is 0. The number of hydrogen-bond acceptors (Lipinski definition) is 5. The summed E-state index contributed by atoms with van der Waals surface area (Å²) in [5, 5.41) is 5.08. The zero-order valence-corrected chi connectivity index (χ0v) is 17.3. The number of aromatic nitrogens is 2. The highest BCUT2D eigenvalue weighted by Crippen LogP contribution is 2.31. The van der Waals surface area contributed by atoms with E-state index >= 15 is 0 Å². The van der Waals surface area contributed by atoms with Crippen molar-refractivity contribution in [3.05, 3.63) is 52.3 Å². The minimum Gasteiger partial charge on any atom is -0.347 e. The lowest BCUT2D eigenvalue weighted by molar-refractivity contribution is -0.181. The van der Waals surface area contributed by atoms with Gasteiger partial charge >= 0.3 is 0 Å². The summed E-state index contributed by atoms with van der Waals surface area (Å²) in [6.07, 6.45) is 1.31. The van der Waals surface area contributed by atoms with Crippen LogP contribution in [0.15, 0.2) is 30.3 Å². The standard InChI is InChI=1S/C21H23ClN4O4/c22-16-3-1-15(2-4-16)14-25-9-10-26-18(20(25)28)13-17(23-26)19(27)24-7-5-21(6-8-24)29-11-12-30-21/h1-4,13H,5-12,14H2. The van der Waals surface area contributed by atoms with Crippen LogP contribution in [0.4, 0.5) is 0 Å². The molecule has 9 heteroatoms. The Balaban J connectivity index is 1.27. The number of halogens is 1. The third-order valence-electron chi connectivity index (χ3n) is 6.00. The zero-order chi connectivity index (χ0) is 20.7. The number of fused-ring (bicyclic) bond motifs is 1. The van der Waals surface area contributed by atoms with Crippen molar-refractivity contribution in [2.24, 2.45) is 0 Å². The topological polar surface area (TPSA) is 76.9 Å². The zero-order valence-electron chi connectivity index (χ0n) is 16.6. The molecule has 0 N–H and O–H groups in total. The van der Waals surface area contributed by atoms with E-state index in [4.69, 9.17) is 21.1 Å². The lowest BCUT2D eigenvalue weighted by atomic mass is 10.0. The van der Waals surface area contributed by atoms with Gasteiger partial charge in [-0.15, -0.1) is 0 Å². The molecule has 1 aromatic carbocycles. The van der Waals surface area contributed by atoms with Gasteiger partial charge in [-0.2, -0.15) is 5.10 Å². The van der Waals surface area contributed by atoms with Crippen molar-refractivity contribution in [1.82, 2.24) is 19.6 Å². The number of amides is 2. The molecule has 2 aromatic rings. The SMILES string of the molecule is O=C(c1cc2n(n1)CCN(Cc1ccc(Cl)cc1)C2=O)N1CCC2(CC1)OCCO2. The summed E-state index contributed by atoms with van der Waals surface area (Å²) >= 11 is 5.94. The molecule has 8 nitrogen and oxygen atoms in total. The quantitative estimate of drug-likeness (QED) is 0.745. The maximum Gasteiger partial charge on any atom is 0.274 e. The maximum atomic E-state index is 13.0. The molecule has 3 aliphatic heterocycles. The molecule has 158 valence electrons. The van der Waals surface area contributed by atoms with Crippen LogP contribution in [0.25, 0.3) is 0 Å². The third-order valence-corrected chi connectivity index (χ3v) is 6.25. The average molecular weight is 431 g/mol. The first-order valence-electron chi connectivity index (χ1n) is 10.2. The molecule has 1 aromatic heterocycles. The van der Waals surface area contributed by atoms with E-state index in [9.17, 15) is 9.59 Å². The molecule has 2 saturated heterocycles. The van der Waals surface area contributed by atoms with Gasteiger partial charge in [-0.1, -0.05) is 23.7 Å². The monoisotopic (exact) mass is 430 g/mol. The molecular formula is C21H23ClN4O4. The van der Waals surface area contributed by atoms with Gasteiger partial charge in [0.25, 0.3) is 11.8 Å². The molecule has 0 saturated carbocycles. The van der Waals surface area contributed by atoms with E-state index in [-0.39, 0.29) is 11.8 Å². The Morgan fingerprint density at radius 3 is 2.47 bits per heavy atom. The Kier molecular flexibility index (Phi) is 5.00. The molecule has 2 amide bonds. The van der Waals surface area contributed by atoms with Crippen LogP contribution >= 0.6 is 11.6 Å². The van der Waals surface area contributed by atoms with Crippen molar-refractivity contribution >= 4 is 23.4 Å². The van der Waals surface area contributed by atoms with Crippen molar-refractivity contribution in [3.8, 4) is 0 Å². The molecule has 0 unspecified atom stereocenters. The smallest absolute Gasteiger partial charge is 0.274 e. The predicted octanol–water partition coefficient (Wildman–Crippen LogP) is 2.17. The minimum absolute atomic E-state index is 0.117. The highest BCUT2D eigenvalue weighted by molar-refractivity contribution is 6.30. The van der Waals surface area contributed by atoms with Crippen molar-refractivity contribution in [1.29, 1.82) is 0 Å². The van der Waals surface area contributed by atoms with E-state index < -0.39 is 5.79 Å². The van der Waals surface area contributed by atoms with Crippen LogP contribution in [0.1, 0.15) is 39.4 Å². The molecule has 5 rings (SSSR count). The Hall–Kier alpha value is -2.42. The fourth-order valence-corrected chi connectivity index (χ4v) is 4.43. The Bertz CT molecular complexity index is 958. The molecule has 0 radical (unpaired) electrons. The second-order valence-corrected chi connectivity index (χ2v) is 8.33. The van der Waals surface area contributed by atoms with Gasteiger partial charge in [0, 0.05) is 50.1 Å². The number of nitrogens with zero attached hydrogens (tertiary/aromatic N) is 4. The van der Waals surface area contributed by atoms with Crippen LogP contribution in [0.2, 0.25) is 5.02 Å². The number of piperidine rings is 1. The van der Waals surface area contributed by atoms with E-state index in [0.29, 0.717) is 75.2 Å². The maximum absolute atomic E-state index is 13.0. The average Bonchev–Trinajstić information content (AvgIpc) is 3.40. The summed E-state index contributed by atoms with van der Waals surface area (Å²) in [6, 6.07) is 9.08. The summed E-state index contributed by atoms with van der Waals surface area (Å²) < 4.78 is 13.1. The van der Waals surface area contributed by atoms with Gasteiger partial charge in [-0.25, -0.2) is 0 Å². The fraction of sp³-hybridized carbons (Fsp3) is 0.476. The van der Waals surface area contributed by atoms with Crippen molar-refractivity contribution in [2.45, 2.75) is 31.7 Å². The minimum atomic E-state index is -0.525. The van der Waals surface area contributed by atoms with Gasteiger partial charge in [0.05, 0.1) is 19.8 Å². The summed E-state index contributed by atoms with van der Waals surface area (Å²) in [4.78, 5) is 29.5. The van der Waals surface area contributed by atoms with Gasteiger partial charge in [0.15, 0.2) is 11.5 Å². The second-order valence-electron chi connectivity index (χ2n) is 7.89. The first-order valence-corrected chi connectivity index (χ1v) is 10.6. The van der Waals surface area contributed by atoms with Crippen LogP contribution in [-0.2, 0) is 22.6 Å². The van der Waals surface area contributed by atoms with Crippen LogP contribution in [0.3, 0.4) is 0 Å². The lowest BCUT2D eigenvalue weighted by Crippen LogP contribution is -2.47. The number of rotatable bonds is 3. The van der Waals surface area contributed by atoms with E-state index in [2.05, 4.69) is 5.10 Å². The molecule has 1 spiro atoms. The van der Waals surface area contributed by atoms with E-state index in [1.54, 1.807) is 20.5 Å². The van der Waals surface area contributed by atoms with E-state index in [1.165, 1.54) is 0 Å². The molecule has 30 heavy (non-hydrogen) atoms. The van der Waals surface area contributed by atoms with Crippen molar-refractivity contribution in [2.75, 3.05) is 32.8 Å². The molecule has 0 aliphatic carbocycles. The highest BCUT2D eigenvalue weighted by Gasteiger charge is 2.41. The Labute approximate surface area is 179 Å². The molecule has 2 fully saturated rings. The number of hydrogen-bond donors (Lipinski definition) is 0. The first-order chi connectivity index (χ1) is 14.5. The van der Waals surface area contributed by atoms with Crippen LogP contribution in [-0.4, -0.2) is 70.0 Å². The molecule has 0 atom stereocenters. The Morgan fingerprint density at radius 2 is 1.77 bits per heavy atom. The van der Waals surface area contributed by atoms with Gasteiger partial charge in [-0.3, -0.25) is 14.3 Å². The largest absolute Gasteiger partial charge is 0.347 e. The molecule has 4 heterocycles. The first kappa shape index (κ1) is 19.5. The van der Waals surface area contributed by atoms with Crippen molar-refractivity contribution in [3.63, 3.8) is 0 Å². The van der Waals surface area contributed by atoms with Gasteiger partial charge in [0.1, 0.15) is 5.69 Å². The van der Waals surface area contributed by atoms with Crippen LogP contribution < -0.4 is 0 Å². The number of carbonyl (C=O) groups is 2. The van der Waals surface area contributed by atoms with E-state index in [1.807, 2.05) is 24.3 Å². The van der Waals surface area contributed by atoms with Gasteiger partial charge < -0.3 is 19.3 Å². The number of benzene rings is 1. The van der Waals surface area contributed by atoms with Gasteiger partial charge in [-0.05, 0) is 17.7 Å². The third kappa shape index (κ3) is 3.59. The van der Waals surface area contributed by atoms with E-state index in [0.717, 1.165) is 5.56 Å². The summed E-state index contributed by atoms with van der Waals surface area (Å²) in [5.74, 6) is -0.794. The van der Waals surface area contributed by atoms with Gasteiger partial charge in [0.2, 0.25) is 0 Å². The molecule has 0 bridgehead atoms. The highest BCUT2D eigenvalue weighted by atomic mass is 35.5. The number of carbonyl (C=O) groups excluding carboxylic acids is 2. The molecular weight excluding hydrogens is 408 g/mol. The molecule has 3 aliphatic rings. The Morgan fingerprint density at radius 1 is 1.07 bits per heavy atom. The predicted molar refractivity (Wildman–Crippen MR) is 108 cm³/mol. The normalized spacial score (nSPS) is 20.6.